The maximum Gasteiger partial charge on any atom is 0.121 e. The summed E-state index contributed by atoms with van der Waals surface area (Å²) in [6.07, 6.45) is 3.75. The van der Waals surface area contributed by atoms with Crippen molar-refractivity contribution in [3.63, 3.8) is 0 Å². The van der Waals surface area contributed by atoms with Crippen LogP contribution in [-0.4, -0.2) is 34.8 Å². The van der Waals surface area contributed by atoms with Crippen molar-refractivity contribution in [2.45, 2.75) is 38.8 Å². The first-order valence-corrected chi connectivity index (χ1v) is 7.19. The summed E-state index contributed by atoms with van der Waals surface area (Å²) in [5.41, 5.74) is 0.855. The van der Waals surface area contributed by atoms with Crippen LogP contribution in [0.15, 0.2) is 12.1 Å². The van der Waals surface area contributed by atoms with E-state index in [1.165, 1.54) is 25.3 Å². The van der Waals surface area contributed by atoms with Gasteiger partial charge in [-0.05, 0) is 32.4 Å². The highest BCUT2D eigenvalue weighted by molar-refractivity contribution is 6.42. The molecule has 5 heteroatoms. The number of piperidine rings is 1. The van der Waals surface area contributed by atoms with Gasteiger partial charge in [-0.15, -0.1) is 0 Å². The highest BCUT2D eigenvalue weighted by Crippen LogP contribution is 2.31. The zero-order valence-electron chi connectivity index (χ0n) is 11.4. The number of aromatic hydroxyl groups is 1. The molecule has 0 aromatic heterocycles. The molecule has 1 unspecified atom stereocenters. The number of halogens is 2. The minimum Gasteiger partial charge on any atom is -0.508 e. The van der Waals surface area contributed by atoms with Crippen LogP contribution in [0.3, 0.4) is 0 Å². The average molecular weight is 306 g/mol. The SMILES string of the molecule is CC1CCCCN1Cc1cc(Cl)c(Cl)cc1O.CO. The van der Waals surface area contributed by atoms with Gasteiger partial charge in [0.15, 0.2) is 0 Å². The van der Waals surface area contributed by atoms with Crippen molar-refractivity contribution in [1.82, 2.24) is 4.90 Å². The predicted octanol–water partition coefficient (Wildman–Crippen LogP) is 3.68. The van der Waals surface area contributed by atoms with Gasteiger partial charge < -0.3 is 10.2 Å². The van der Waals surface area contributed by atoms with Gasteiger partial charge in [0, 0.05) is 31.3 Å². The third kappa shape index (κ3) is 4.53. The Bertz CT molecular complexity index is 413. The summed E-state index contributed by atoms with van der Waals surface area (Å²) >= 11 is 11.8. The van der Waals surface area contributed by atoms with Crippen LogP contribution in [0, 0.1) is 0 Å². The molecule has 0 bridgehead atoms. The minimum absolute atomic E-state index is 0.233. The molecule has 1 heterocycles. The van der Waals surface area contributed by atoms with Crippen LogP contribution in [0.2, 0.25) is 10.0 Å². The van der Waals surface area contributed by atoms with Crippen molar-refractivity contribution in [3.8, 4) is 5.75 Å². The van der Waals surface area contributed by atoms with Crippen LogP contribution in [-0.2, 0) is 6.54 Å². The van der Waals surface area contributed by atoms with E-state index in [1.807, 2.05) is 0 Å². The lowest BCUT2D eigenvalue weighted by molar-refractivity contribution is 0.151. The lowest BCUT2D eigenvalue weighted by atomic mass is 10.0. The number of phenolic OH excluding ortho intramolecular Hbond substituents is 1. The van der Waals surface area contributed by atoms with E-state index in [0.717, 1.165) is 25.8 Å². The van der Waals surface area contributed by atoms with Gasteiger partial charge in [0.25, 0.3) is 0 Å². The Morgan fingerprint density at radius 2 is 1.84 bits per heavy atom. The Kier molecular flexibility index (Phi) is 6.94. The number of aliphatic hydroxyl groups is 1. The molecule has 1 aromatic rings. The topological polar surface area (TPSA) is 43.7 Å². The van der Waals surface area contributed by atoms with Gasteiger partial charge in [-0.25, -0.2) is 0 Å². The molecule has 1 saturated heterocycles. The molecule has 2 N–H and O–H groups in total. The quantitative estimate of drug-likeness (QED) is 0.876. The first-order chi connectivity index (χ1) is 9.08. The number of likely N-dealkylation sites (tertiary alicyclic amines) is 1. The molecule has 3 nitrogen and oxygen atoms in total. The van der Waals surface area contributed by atoms with E-state index in [4.69, 9.17) is 28.3 Å². The molecule has 108 valence electrons. The molecule has 1 aliphatic rings. The maximum atomic E-state index is 9.86. The molecule has 0 amide bonds. The normalized spacial score (nSPS) is 19.7. The van der Waals surface area contributed by atoms with E-state index < -0.39 is 0 Å². The number of phenols is 1. The molecule has 1 aromatic carbocycles. The van der Waals surface area contributed by atoms with Crippen molar-refractivity contribution in [3.05, 3.63) is 27.7 Å². The predicted molar refractivity (Wildman–Crippen MR) is 80.0 cm³/mol. The molecular weight excluding hydrogens is 285 g/mol. The summed E-state index contributed by atoms with van der Waals surface area (Å²) in [6.45, 7) is 4.05. The summed E-state index contributed by atoms with van der Waals surface area (Å²) in [5, 5.41) is 17.8. The fraction of sp³-hybridized carbons (Fsp3) is 0.571. The smallest absolute Gasteiger partial charge is 0.121 e. The van der Waals surface area contributed by atoms with Gasteiger partial charge in [-0.3, -0.25) is 4.90 Å². The third-order valence-corrected chi connectivity index (χ3v) is 4.16. The number of hydrogen-bond acceptors (Lipinski definition) is 3. The molecule has 1 fully saturated rings. The van der Waals surface area contributed by atoms with Gasteiger partial charge >= 0.3 is 0 Å². The van der Waals surface area contributed by atoms with Gasteiger partial charge in [0.1, 0.15) is 5.75 Å². The standard InChI is InChI=1S/C13H17Cl2NO.CH4O/c1-9-4-2-3-5-16(9)8-10-6-11(14)12(15)7-13(10)17;1-2/h6-7,9,17H,2-5,8H2,1H3;2H,1H3. The van der Waals surface area contributed by atoms with E-state index in [-0.39, 0.29) is 5.75 Å². The fourth-order valence-corrected chi connectivity index (χ4v) is 2.66. The number of nitrogens with zero attached hydrogens (tertiary/aromatic N) is 1. The zero-order chi connectivity index (χ0) is 14.4. The summed E-state index contributed by atoms with van der Waals surface area (Å²) in [7, 11) is 1.00. The molecule has 1 atom stereocenters. The Labute approximate surface area is 124 Å². The molecule has 0 saturated carbocycles. The summed E-state index contributed by atoms with van der Waals surface area (Å²) in [6, 6.07) is 3.85. The zero-order valence-corrected chi connectivity index (χ0v) is 12.9. The second-order valence-electron chi connectivity index (χ2n) is 4.71. The van der Waals surface area contributed by atoms with Crippen molar-refractivity contribution in [2.24, 2.45) is 0 Å². The number of hydrogen-bond donors (Lipinski definition) is 2. The fourth-order valence-electron chi connectivity index (χ4n) is 2.32. The van der Waals surface area contributed by atoms with Crippen LogP contribution >= 0.6 is 23.2 Å². The molecule has 2 rings (SSSR count). The van der Waals surface area contributed by atoms with Crippen molar-refractivity contribution < 1.29 is 10.2 Å². The van der Waals surface area contributed by atoms with Crippen molar-refractivity contribution >= 4 is 23.2 Å². The summed E-state index contributed by atoms with van der Waals surface area (Å²) < 4.78 is 0. The molecular formula is C14H21Cl2NO2. The van der Waals surface area contributed by atoms with E-state index in [2.05, 4.69) is 11.8 Å². The van der Waals surface area contributed by atoms with E-state index in [1.54, 1.807) is 6.07 Å². The highest BCUT2D eigenvalue weighted by Gasteiger charge is 2.19. The summed E-state index contributed by atoms with van der Waals surface area (Å²) in [4.78, 5) is 2.38. The van der Waals surface area contributed by atoms with Crippen LogP contribution in [0.5, 0.6) is 5.75 Å². The Morgan fingerprint density at radius 3 is 2.47 bits per heavy atom. The average Bonchev–Trinajstić information content (AvgIpc) is 2.41. The van der Waals surface area contributed by atoms with Crippen LogP contribution in [0.25, 0.3) is 0 Å². The minimum atomic E-state index is 0.233. The Morgan fingerprint density at radius 1 is 1.21 bits per heavy atom. The van der Waals surface area contributed by atoms with E-state index in [9.17, 15) is 5.11 Å². The van der Waals surface area contributed by atoms with Gasteiger partial charge in [0.05, 0.1) is 10.0 Å². The largest absolute Gasteiger partial charge is 0.508 e. The van der Waals surface area contributed by atoms with E-state index in [0.29, 0.717) is 16.1 Å². The summed E-state index contributed by atoms with van der Waals surface area (Å²) in [5.74, 6) is 0.233. The monoisotopic (exact) mass is 305 g/mol. The molecule has 1 aliphatic heterocycles. The van der Waals surface area contributed by atoms with Gasteiger partial charge in [-0.2, -0.15) is 0 Å². The van der Waals surface area contributed by atoms with Crippen LogP contribution < -0.4 is 0 Å². The van der Waals surface area contributed by atoms with Crippen LogP contribution in [0.4, 0.5) is 0 Å². The van der Waals surface area contributed by atoms with Gasteiger partial charge in [-0.1, -0.05) is 29.6 Å². The lowest BCUT2D eigenvalue weighted by Gasteiger charge is -2.33. The lowest BCUT2D eigenvalue weighted by Crippen LogP contribution is -2.36. The Hall–Kier alpha value is -0.480. The second-order valence-corrected chi connectivity index (χ2v) is 5.52. The molecule has 0 spiro atoms. The second kappa shape index (κ2) is 7.95. The first-order valence-electron chi connectivity index (χ1n) is 6.43. The highest BCUT2D eigenvalue weighted by atomic mass is 35.5. The number of rotatable bonds is 2. The van der Waals surface area contributed by atoms with Crippen molar-refractivity contribution in [1.29, 1.82) is 0 Å². The Balaban J connectivity index is 0.000000861. The van der Waals surface area contributed by atoms with Crippen LogP contribution in [0.1, 0.15) is 31.7 Å². The number of benzene rings is 1. The van der Waals surface area contributed by atoms with Crippen molar-refractivity contribution in [2.75, 3.05) is 13.7 Å². The van der Waals surface area contributed by atoms with Gasteiger partial charge in [0.2, 0.25) is 0 Å². The molecule has 19 heavy (non-hydrogen) atoms. The molecule has 0 radical (unpaired) electrons. The molecule has 0 aliphatic carbocycles. The van der Waals surface area contributed by atoms with E-state index >= 15 is 0 Å². The third-order valence-electron chi connectivity index (χ3n) is 3.44. The first kappa shape index (κ1) is 16.6. The maximum absolute atomic E-state index is 9.86. The number of aliphatic hydroxyl groups excluding tert-OH is 1.